The third kappa shape index (κ3) is 2.77. The van der Waals surface area contributed by atoms with Gasteiger partial charge in [0.05, 0.1) is 20.8 Å². The number of para-hydroxylation sites is 1. The van der Waals surface area contributed by atoms with Gasteiger partial charge in [-0.2, -0.15) is 0 Å². The van der Waals surface area contributed by atoms with Crippen molar-refractivity contribution in [3.63, 3.8) is 0 Å². The Kier molecular flexibility index (Phi) is 4.20. The van der Waals surface area contributed by atoms with Crippen LogP contribution in [0.2, 0.25) is 0 Å². The van der Waals surface area contributed by atoms with Crippen LogP contribution in [0, 0.1) is 0 Å². The van der Waals surface area contributed by atoms with E-state index < -0.39 is 0 Å². The molecule has 1 aromatic heterocycles. The van der Waals surface area contributed by atoms with Crippen LogP contribution in [0.15, 0.2) is 36.5 Å². The lowest BCUT2D eigenvalue weighted by Crippen LogP contribution is -1.98. The van der Waals surface area contributed by atoms with Crippen molar-refractivity contribution in [3.8, 4) is 23.1 Å². The molecule has 0 aliphatic heterocycles. The lowest BCUT2D eigenvalue weighted by Gasteiger charge is -2.14. The van der Waals surface area contributed by atoms with Crippen molar-refractivity contribution in [1.29, 1.82) is 0 Å². The highest BCUT2D eigenvalue weighted by molar-refractivity contribution is 5.53. The maximum atomic E-state index is 9.27. The van der Waals surface area contributed by atoms with Gasteiger partial charge < -0.3 is 19.3 Å². The first-order valence-electron chi connectivity index (χ1n) is 5.73. The normalized spacial score (nSPS) is 10.1. The Balaban J connectivity index is 2.42. The average Bonchev–Trinajstić information content (AvgIpc) is 2.48. The van der Waals surface area contributed by atoms with E-state index in [1.807, 2.05) is 0 Å². The average molecular weight is 261 g/mol. The van der Waals surface area contributed by atoms with E-state index in [1.165, 1.54) is 0 Å². The molecule has 0 bridgehead atoms. The van der Waals surface area contributed by atoms with Crippen LogP contribution in [0.3, 0.4) is 0 Å². The van der Waals surface area contributed by atoms with Crippen molar-refractivity contribution in [2.45, 2.75) is 6.61 Å². The Labute approximate surface area is 111 Å². The summed E-state index contributed by atoms with van der Waals surface area (Å²) in [7, 11) is 3.10. The lowest BCUT2D eigenvalue weighted by atomic mass is 10.2. The minimum Gasteiger partial charge on any atom is -0.493 e. The number of benzene rings is 1. The highest BCUT2D eigenvalue weighted by Gasteiger charge is 2.14. The third-order valence-corrected chi connectivity index (χ3v) is 2.60. The molecular weight excluding hydrogens is 246 g/mol. The molecule has 0 unspecified atom stereocenters. The summed E-state index contributed by atoms with van der Waals surface area (Å²) >= 11 is 0. The molecule has 0 radical (unpaired) electrons. The first-order chi connectivity index (χ1) is 9.30. The molecule has 2 aromatic rings. The number of hydrogen-bond donors (Lipinski definition) is 1. The van der Waals surface area contributed by atoms with Crippen LogP contribution in [-0.2, 0) is 6.61 Å². The molecule has 5 heteroatoms. The van der Waals surface area contributed by atoms with Crippen LogP contribution >= 0.6 is 0 Å². The van der Waals surface area contributed by atoms with Gasteiger partial charge in [0.2, 0.25) is 11.6 Å². The highest BCUT2D eigenvalue weighted by atomic mass is 16.5. The molecule has 0 spiro atoms. The predicted octanol–water partition coefficient (Wildman–Crippen LogP) is 2.38. The molecular formula is C14H15NO4. The van der Waals surface area contributed by atoms with E-state index in [9.17, 15) is 5.11 Å². The fourth-order valence-corrected chi connectivity index (χ4v) is 1.65. The number of nitrogens with zero attached hydrogens (tertiary/aromatic N) is 1. The first-order valence-corrected chi connectivity index (χ1v) is 5.73. The summed E-state index contributed by atoms with van der Waals surface area (Å²) in [6.45, 7) is -0.152. The van der Waals surface area contributed by atoms with Crippen LogP contribution in [0.1, 0.15) is 5.56 Å². The standard InChI is InChI=1S/C14H15NO4/c1-17-11-6-3-7-12(18-2)13(11)19-14-10(9-16)5-4-8-15-14/h3-8,16H,9H2,1-2H3. The Morgan fingerprint density at radius 3 is 2.32 bits per heavy atom. The van der Waals surface area contributed by atoms with Gasteiger partial charge in [-0.3, -0.25) is 0 Å². The summed E-state index contributed by atoms with van der Waals surface area (Å²) in [5.74, 6) is 1.83. The second-order valence-corrected chi connectivity index (χ2v) is 3.72. The maximum Gasteiger partial charge on any atom is 0.225 e. The summed E-state index contributed by atoms with van der Waals surface area (Å²) in [6, 6.07) is 8.80. The predicted molar refractivity (Wildman–Crippen MR) is 69.8 cm³/mol. The maximum absolute atomic E-state index is 9.27. The van der Waals surface area contributed by atoms with Crippen molar-refractivity contribution in [1.82, 2.24) is 4.98 Å². The van der Waals surface area contributed by atoms with Gasteiger partial charge >= 0.3 is 0 Å². The number of methoxy groups -OCH3 is 2. The van der Waals surface area contributed by atoms with E-state index in [1.54, 1.807) is 50.7 Å². The Bertz CT molecular complexity index is 535. The smallest absolute Gasteiger partial charge is 0.225 e. The molecule has 1 N–H and O–H groups in total. The number of hydrogen-bond acceptors (Lipinski definition) is 5. The molecule has 100 valence electrons. The summed E-state index contributed by atoms with van der Waals surface area (Å²) in [4.78, 5) is 4.10. The number of aliphatic hydroxyl groups excluding tert-OH is 1. The van der Waals surface area contributed by atoms with Gasteiger partial charge in [-0.05, 0) is 24.3 Å². The van der Waals surface area contributed by atoms with Gasteiger partial charge in [0, 0.05) is 11.8 Å². The molecule has 19 heavy (non-hydrogen) atoms. The van der Waals surface area contributed by atoms with Crippen LogP contribution < -0.4 is 14.2 Å². The topological polar surface area (TPSA) is 60.8 Å². The largest absolute Gasteiger partial charge is 0.493 e. The second-order valence-electron chi connectivity index (χ2n) is 3.72. The first kappa shape index (κ1) is 13.2. The molecule has 0 fully saturated rings. The van der Waals surface area contributed by atoms with E-state index in [2.05, 4.69) is 4.98 Å². The van der Waals surface area contributed by atoms with Crippen LogP contribution in [0.5, 0.6) is 23.1 Å². The minimum absolute atomic E-state index is 0.152. The number of aromatic nitrogens is 1. The summed E-state index contributed by atoms with van der Waals surface area (Å²) < 4.78 is 16.2. The molecule has 0 aliphatic rings. The number of aliphatic hydroxyl groups is 1. The molecule has 1 aromatic carbocycles. The number of ether oxygens (including phenoxy) is 3. The summed E-state index contributed by atoms with van der Waals surface area (Å²) in [5.41, 5.74) is 0.593. The molecule has 0 amide bonds. The van der Waals surface area contributed by atoms with Crippen molar-refractivity contribution in [2.24, 2.45) is 0 Å². The Morgan fingerprint density at radius 2 is 1.74 bits per heavy atom. The number of pyridine rings is 1. The zero-order valence-corrected chi connectivity index (χ0v) is 10.8. The second kappa shape index (κ2) is 6.06. The van der Waals surface area contributed by atoms with Crippen LogP contribution in [0.4, 0.5) is 0 Å². The fraction of sp³-hybridized carbons (Fsp3) is 0.214. The quantitative estimate of drug-likeness (QED) is 0.895. The number of rotatable bonds is 5. The SMILES string of the molecule is COc1cccc(OC)c1Oc1ncccc1CO. The highest BCUT2D eigenvalue weighted by Crippen LogP contribution is 2.40. The zero-order chi connectivity index (χ0) is 13.7. The van der Waals surface area contributed by atoms with Crippen molar-refractivity contribution >= 4 is 0 Å². The zero-order valence-electron chi connectivity index (χ0n) is 10.8. The fourth-order valence-electron chi connectivity index (χ4n) is 1.65. The van der Waals surface area contributed by atoms with E-state index in [-0.39, 0.29) is 6.61 Å². The van der Waals surface area contributed by atoms with Gasteiger partial charge in [0.25, 0.3) is 0 Å². The van der Waals surface area contributed by atoms with Crippen molar-refractivity contribution in [3.05, 3.63) is 42.1 Å². The van der Waals surface area contributed by atoms with Crippen molar-refractivity contribution < 1.29 is 19.3 Å². The van der Waals surface area contributed by atoms with E-state index in [4.69, 9.17) is 14.2 Å². The molecule has 0 saturated heterocycles. The molecule has 5 nitrogen and oxygen atoms in total. The van der Waals surface area contributed by atoms with Crippen LogP contribution in [0.25, 0.3) is 0 Å². The van der Waals surface area contributed by atoms with Gasteiger partial charge in [-0.1, -0.05) is 6.07 Å². The van der Waals surface area contributed by atoms with Crippen LogP contribution in [-0.4, -0.2) is 24.3 Å². The van der Waals surface area contributed by atoms with E-state index in [0.717, 1.165) is 0 Å². The van der Waals surface area contributed by atoms with E-state index in [0.29, 0.717) is 28.7 Å². The molecule has 2 rings (SSSR count). The van der Waals surface area contributed by atoms with E-state index >= 15 is 0 Å². The Hall–Kier alpha value is -2.27. The third-order valence-electron chi connectivity index (χ3n) is 2.60. The summed E-state index contributed by atoms with van der Waals surface area (Å²) in [5, 5.41) is 9.27. The van der Waals surface area contributed by atoms with Gasteiger partial charge in [-0.15, -0.1) is 0 Å². The van der Waals surface area contributed by atoms with Gasteiger partial charge in [0.1, 0.15) is 0 Å². The minimum atomic E-state index is -0.152. The Morgan fingerprint density at radius 1 is 1.05 bits per heavy atom. The summed E-state index contributed by atoms with van der Waals surface area (Å²) in [6.07, 6.45) is 1.59. The molecule has 0 saturated carbocycles. The van der Waals surface area contributed by atoms with Gasteiger partial charge in [-0.25, -0.2) is 4.98 Å². The molecule has 1 heterocycles. The van der Waals surface area contributed by atoms with Crippen molar-refractivity contribution in [2.75, 3.05) is 14.2 Å². The lowest BCUT2D eigenvalue weighted by molar-refractivity contribution is 0.272. The molecule has 0 atom stereocenters. The monoisotopic (exact) mass is 261 g/mol. The molecule has 0 aliphatic carbocycles. The van der Waals surface area contributed by atoms with Gasteiger partial charge in [0.15, 0.2) is 11.5 Å².